The molecule has 0 spiro atoms. The Morgan fingerprint density at radius 2 is 2.16 bits per heavy atom. The Morgan fingerprint density at radius 3 is 2.84 bits per heavy atom. The van der Waals surface area contributed by atoms with Crippen LogP contribution in [0.1, 0.15) is 36.2 Å². The molecule has 1 amide bonds. The van der Waals surface area contributed by atoms with Crippen molar-refractivity contribution in [1.29, 1.82) is 0 Å². The molecule has 0 fully saturated rings. The first-order chi connectivity index (χ1) is 9.00. The van der Waals surface area contributed by atoms with E-state index in [2.05, 4.69) is 31.8 Å². The molecule has 0 atom stereocenters. The van der Waals surface area contributed by atoms with Crippen LogP contribution in [0.2, 0.25) is 0 Å². The van der Waals surface area contributed by atoms with Gasteiger partial charge in [0.2, 0.25) is 0 Å². The molecule has 1 N–H and O–H groups in total. The number of carbonyl (C=O) groups is 1. The van der Waals surface area contributed by atoms with Gasteiger partial charge in [0.05, 0.1) is 0 Å². The van der Waals surface area contributed by atoms with Crippen molar-refractivity contribution in [2.75, 3.05) is 19.8 Å². The van der Waals surface area contributed by atoms with Gasteiger partial charge >= 0.3 is 0 Å². The Bertz CT molecular complexity index is 419. The fourth-order valence-electron chi connectivity index (χ4n) is 1.65. The largest absolute Gasteiger partial charge is 0.381 e. The van der Waals surface area contributed by atoms with Crippen molar-refractivity contribution in [3.63, 3.8) is 0 Å². The van der Waals surface area contributed by atoms with Gasteiger partial charge in [-0.15, -0.1) is 12.6 Å². The maximum Gasteiger partial charge on any atom is 0.251 e. The Balaban J connectivity index is 2.29. The highest BCUT2D eigenvalue weighted by Gasteiger charge is 2.08. The number of nitrogens with one attached hydrogen (secondary N) is 1. The smallest absolute Gasteiger partial charge is 0.251 e. The minimum atomic E-state index is -0.0442. The van der Waals surface area contributed by atoms with Crippen LogP contribution >= 0.6 is 12.6 Å². The second kappa shape index (κ2) is 8.23. The molecule has 0 aromatic heterocycles. The molecule has 19 heavy (non-hydrogen) atoms. The van der Waals surface area contributed by atoms with Gasteiger partial charge in [-0.3, -0.25) is 4.79 Å². The molecule has 0 bridgehead atoms. The number of amides is 1. The lowest BCUT2D eigenvalue weighted by atomic mass is 10.1. The van der Waals surface area contributed by atoms with Gasteiger partial charge in [-0.25, -0.2) is 0 Å². The van der Waals surface area contributed by atoms with E-state index in [0.717, 1.165) is 23.5 Å². The molecule has 0 radical (unpaired) electrons. The van der Waals surface area contributed by atoms with E-state index >= 15 is 0 Å². The molecule has 0 aliphatic carbocycles. The van der Waals surface area contributed by atoms with Crippen molar-refractivity contribution < 1.29 is 9.53 Å². The number of thiol groups is 1. The van der Waals surface area contributed by atoms with Crippen molar-refractivity contribution in [2.45, 2.75) is 32.1 Å². The molecule has 4 heteroatoms. The second-order valence-electron chi connectivity index (χ2n) is 5.08. The van der Waals surface area contributed by atoms with Crippen LogP contribution in [-0.2, 0) is 4.74 Å². The first-order valence-corrected chi connectivity index (χ1v) is 7.11. The maximum absolute atomic E-state index is 12.0. The average Bonchev–Trinajstić information content (AvgIpc) is 2.36. The predicted molar refractivity (Wildman–Crippen MR) is 81.0 cm³/mol. The zero-order valence-electron chi connectivity index (χ0n) is 11.9. The molecule has 0 heterocycles. The van der Waals surface area contributed by atoms with Gasteiger partial charge in [-0.05, 0) is 37.0 Å². The minimum Gasteiger partial charge on any atom is -0.381 e. The average molecular weight is 281 g/mol. The standard InChI is InChI=1S/C15H23NO2S/c1-11(2)10-18-8-4-7-16-15(17)14-9-13(19)6-5-12(14)3/h5-6,9,11,19H,4,7-8,10H2,1-3H3,(H,16,17). The fourth-order valence-corrected chi connectivity index (χ4v) is 1.85. The maximum atomic E-state index is 12.0. The molecule has 0 aliphatic heterocycles. The van der Waals surface area contributed by atoms with Crippen LogP contribution in [-0.4, -0.2) is 25.7 Å². The normalized spacial score (nSPS) is 10.8. The highest BCUT2D eigenvalue weighted by Crippen LogP contribution is 2.13. The van der Waals surface area contributed by atoms with Crippen molar-refractivity contribution in [2.24, 2.45) is 5.92 Å². The minimum absolute atomic E-state index is 0.0442. The number of carbonyl (C=O) groups excluding carboxylic acids is 1. The lowest BCUT2D eigenvalue weighted by Crippen LogP contribution is -2.26. The number of hydrogen-bond donors (Lipinski definition) is 2. The summed E-state index contributed by atoms with van der Waals surface area (Å²) in [6, 6.07) is 5.58. The van der Waals surface area contributed by atoms with E-state index in [1.165, 1.54) is 0 Å². The Kier molecular flexibility index (Phi) is 6.95. The molecule has 106 valence electrons. The van der Waals surface area contributed by atoms with Crippen LogP contribution in [0.4, 0.5) is 0 Å². The molecule has 3 nitrogen and oxygen atoms in total. The fraction of sp³-hybridized carbons (Fsp3) is 0.533. The Morgan fingerprint density at radius 1 is 1.42 bits per heavy atom. The van der Waals surface area contributed by atoms with Crippen LogP contribution in [0.15, 0.2) is 23.1 Å². The number of aryl methyl sites for hydroxylation is 1. The van der Waals surface area contributed by atoms with Crippen molar-refractivity contribution in [1.82, 2.24) is 5.32 Å². The molecule has 0 saturated carbocycles. The predicted octanol–water partition coefficient (Wildman–Crippen LogP) is 3.08. The van der Waals surface area contributed by atoms with Gasteiger partial charge in [-0.2, -0.15) is 0 Å². The number of benzene rings is 1. The summed E-state index contributed by atoms with van der Waals surface area (Å²) in [5.41, 5.74) is 1.65. The van der Waals surface area contributed by atoms with E-state index < -0.39 is 0 Å². The van der Waals surface area contributed by atoms with E-state index in [4.69, 9.17) is 4.74 Å². The van der Waals surface area contributed by atoms with Gasteiger partial charge in [0, 0.05) is 30.2 Å². The molecule has 1 aromatic carbocycles. The van der Waals surface area contributed by atoms with Gasteiger partial charge in [0.25, 0.3) is 5.91 Å². The van der Waals surface area contributed by atoms with E-state index in [1.807, 2.05) is 19.1 Å². The van der Waals surface area contributed by atoms with Crippen molar-refractivity contribution >= 4 is 18.5 Å². The van der Waals surface area contributed by atoms with Gasteiger partial charge in [0.15, 0.2) is 0 Å². The number of ether oxygens (including phenoxy) is 1. The molecule has 1 rings (SSSR count). The Hall–Kier alpha value is -1.00. The Labute approximate surface area is 121 Å². The van der Waals surface area contributed by atoms with Gasteiger partial charge in [-0.1, -0.05) is 19.9 Å². The molecular formula is C15H23NO2S. The van der Waals surface area contributed by atoms with Gasteiger partial charge in [0.1, 0.15) is 0 Å². The molecule has 0 saturated heterocycles. The lowest BCUT2D eigenvalue weighted by Gasteiger charge is -2.09. The van der Waals surface area contributed by atoms with E-state index in [9.17, 15) is 4.79 Å². The number of rotatable bonds is 7. The summed E-state index contributed by atoms with van der Waals surface area (Å²) in [4.78, 5) is 12.8. The second-order valence-corrected chi connectivity index (χ2v) is 5.59. The van der Waals surface area contributed by atoms with E-state index in [1.54, 1.807) is 6.07 Å². The summed E-state index contributed by atoms with van der Waals surface area (Å²) in [5.74, 6) is 0.507. The molecule has 1 aromatic rings. The summed E-state index contributed by atoms with van der Waals surface area (Å²) in [7, 11) is 0. The molecule has 0 unspecified atom stereocenters. The van der Waals surface area contributed by atoms with Crippen LogP contribution in [0.5, 0.6) is 0 Å². The van der Waals surface area contributed by atoms with Crippen LogP contribution < -0.4 is 5.32 Å². The van der Waals surface area contributed by atoms with Crippen LogP contribution in [0.25, 0.3) is 0 Å². The van der Waals surface area contributed by atoms with E-state index in [0.29, 0.717) is 24.6 Å². The van der Waals surface area contributed by atoms with E-state index in [-0.39, 0.29) is 5.91 Å². The van der Waals surface area contributed by atoms with Crippen LogP contribution in [0.3, 0.4) is 0 Å². The monoisotopic (exact) mass is 281 g/mol. The highest BCUT2D eigenvalue weighted by molar-refractivity contribution is 7.80. The van der Waals surface area contributed by atoms with Crippen molar-refractivity contribution in [3.05, 3.63) is 29.3 Å². The quantitative estimate of drug-likeness (QED) is 0.595. The lowest BCUT2D eigenvalue weighted by molar-refractivity contribution is 0.0924. The molecular weight excluding hydrogens is 258 g/mol. The first-order valence-electron chi connectivity index (χ1n) is 6.66. The van der Waals surface area contributed by atoms with Crippen LogP contribution in [0, 0.1) is 12.8 Å². The van der Waals surface area contributed by atoms with Crippen molar-refractivity contribution in [3.8, 4) is 0 Å². The third-order valence-electron chi connectivity index (χ3n) is 2.67. The summed E-state index contributed by atoms with van der Waals surface area (Å²) in [6.45, 7) is 8.25. The highest BCUT2D eigenvalue weighted by atomic mass is 32.1. The number of hydrogen-bond acceptors (Lipinski definition) is 3. The first kappa shape index (κ1) is 16.1. The zero-order valence-corrected chi connectivity index (χ0v) is 12.8. The summed E-state index contributed by atoms with van der Waals surface area (Å²) in [6.07, 6.45) is 0.831. The zero-order chi connectivity index (χ0) is 14.3. The summed E-state index contributed by atoms with van der Waals surface area (Å²) in [5, 5.41) is 2.90. The van der Waals surface area contributed by atoms with Gasteiger partial charge < -0.3 is 10.1 Å². The summed E-state index contributed by atoms with van der Waals surface area (Å²) < 4.78 is 5.46. The third kappa shape index (κ3) is 6.12. The molecule has 0 aliphatic rings. The topological polar surface area (TPSA) is 38.3 Å². The SMILES string of the molecule is Cc1ccc(S)cc1C(=O)NCCCOCC(C)C. The summed E-state index contributed by atoms with van der Waals surface area (Å²) >= 11 is 4.25. The third-order valence-corrected chi connectivity index (χ3v) is 2.95.